The summed E-state index contributed by atoms with van der Waals surface area (Å²) in [6, 6.07) is 14.9. The van der Waals surface area contributed by atoms with Gasteiger partial charge in [0.05, 0.1) is 7.11 Å². The van der Waals surface area contributed by atoms with Gasteiger partial charge in [-0.25, -0.2) is 0 Å². The topological polar surface area (TPSA) is 61.9 Å². The van der Waals surface area contributed by atoms with E-state index in [4.69, 9.17) is 4.74 Å². The number of ether oxygens (including phenoxy) is 1. The van der Waals surface area contributed by atoms with Crippen LogP contribution in [0.2, 0.25) is 0 Å². The van der Waals surface area contributed by atoms with Crippen LogP contribution in [0.3, 0.4) is 0 Å². The Bertz CT molecular complexity index is 925. The first kappa shape index (κ1) is 24.6. The van der Waals surface area contributed by atoms with Gasteiger partial charge < -0.3 is 19.9 Å². The number of hydrogen-bond donors (Lipinski definition) is 1. The fraction of sp³-hybridized carbons (Fsp3) is 0.481. The van der Waals surface area contributed by atoms with E-state index < -0.39 is 0 Å². The highest BCUT2D eigenvalue weighted by molar-refractivity contribution is 6.04. The maximum Gasteiger partial charge on any atom is 0.255 e. The molecule has 1 aliphatic rings. The highest BCUT2D eigenvalue weighted by Crippen LogP contribution is 2.27. The summed E-state index contributed by atoms with van der Waals surface area (Å²) in [4.78, 5) is 29.4. The van der Waals surface area contributed by atoms with E-state index in [1.165, 1.54) is 0 Å². The maximum atomic E-state index is 12.7. The molecule has 2 aromatic carbocycles. The van der Waals surface area contributed by atoms with Crippen LogP contribution in [-0.2, 0) is 4.79 Å². The lowest BCUT2D eigenvalue weighted by Gasteiger charge is -2.37. The van der Waals surface area contributed by atoms with Crippen molar-refractivity contribution in [2.24, 2.45) is 11.3 Å². The first-order valence-electron chi connectivity index (χ1n) is 11.7. The molecule has 1 aliphatic heterocycles. The zero-order valence-electron chi connectivity index (χ0n) is 20.6. The summed E-state index contributed by atoms with van der Waals surface area (Å²) in [5, 5.41) is 2.93. The van der Waals surface area contributed by atoms with Crippen LogP contribution < -0.4 is 15.0 Å². The van der Waals surface area contributed by atoms with E-state index in [1.807, 2.05) is 29.2 Å². The lowest BCUT2D eigenvalue weighted by Crippen LogP contribution is -2.49. The van der Waals surface area contributed by atoms with Gasteiger partial charge in [-0.15, -0.1) is 0 Å². The number of benzene rings is 2. The molecule has 0 aliphatic carbocycles. The zero-order valence-corrected chi connectivity index (χ0v) is 20.6. The van der Waals surface area contributed by atoms with Gasteiger partial charge in [0.15, 0.2) is 0 Å². The van der Waals surface area contributed by atoms with E-state index in [1.54, 1.807) is 31.4 Å². The normalized spacial score (nSPS) is 15.2. The maximum absolute atomic E-state index is 12.7. The second kappa shape index (κ2) is 10.7. The van der Waals surface area contributed by atoms with Crippen molar-refractivity contribution in [1.82, 2.24) is 4.90 Å². The minimum absolute atomic E-state index is 0.154. The Morgan fingerprint density at radius 3 is 2.12 bits per heavy atom. The standard InChI is InChI=1S/C27H37N3O3/c1-20(19-27(2,3)4)18-25(31)30-16-14-29(15-17-30)23-10-8-22(9-11-23)28-26(32)21-6-12-24(33-5)13-7-21/h6-13,20H,14-19H2,1-5H3,(H,28,32). The predicted octanol–water partition coefficient (Wildman–Crippen LogP) is 5.06. The van der Waals surface area contributed by atoms with Crippen molar-refractivity contribution in [3.05, 3.63) is 54.1 Å². The van der Waals surface area contributed by atoms with E-state index in [0.29, 0.717) is 17.9 Å². The van der Waals surface area contributed by atoms with Crippen molar-refractivity contribution < 1.29 is 14.3 Å². The van der Waals surface area contributed by atoms with E-state index in [-0.39, 0.29) is 17.2 Å². The molecular formula is C27H37N3O3. The average Bonchev–Trinajstić information content (AvgIpc) is 2.78. The third-order valence-corrected chi connectivity index (χ3v) is 5.96. The first-order chi connectivity index (χ1) is 15.6. The van der Waals surface area contributed by atoms with Gasteiger partial charge in [0.1, 0.15) is 5.75 Å². The molecule has 1 heterocycles. The minimum Gasteiger partial charge on any atom is -0.497 e. The fourth-order valence-corrected chi connectivity index (χ4v) is 4.46. The number of hydrogen-bond acceptors (Lipinski definition) is 4. The SMILES string of the molecule is COc1ccc(C(=O)Nc2ccc(N3CCN(C(=O)CC(C)CC(C)(C)C)CC3)cc2)cc1. The molecule has 0 radical (unpaired) electrons. The van der Waals surface area contributed by atoms with Gasteiger partial charge >= 0.3 is 0 Å². The molecule has 6 nitrogen and oxygen atoms in total. The lowest BCUT2D eigenvalue weighted by molar-refractivity contribution is -0.132. The summed E-state index contributed by atoms with van der Waals surface area (Å²) in [6.45, 7) is 12.0. The highest BCUT2D eigenvalue weighted by atomic mass is 16.5. The molecule has 1 fully saturated rings. The molecule has 178 valence electrons. The van der Waals surface area contributed by atoms with E-state index in [9.17, 15) is 9.59 Å². The van der Waals surface area contributed by atoms with Crippen LogP contribution >= 0.6 is 0 Å². The zero-order chi connectivity index (χ0) is 24.0. The molecule has 2 aromatic rings. The van der Waals surface area contributed by atoms with Gasteiger partial charge in [-0.2, -0.15) is 0 Å². The van der Waals surface area contributed by atoms with Crippen LogP contribution in [-0.4, -0.2) is 50.0 Å². The van der Waals surface area contributed by atoms with Crippen LogP contribution in [0.15, 0.2) is 48.5 Å². The van der Waals surface area contributed by atoms with Gasteiger partial charge in [0, 0.05) is 49.5 Å². The molecule has 0 bridgehead atoms. The van der Waals surface area contributed by atoms with Gasteiger partial charge in [0.25, 0.3) is 5.91 Å². The minimum atomic E-state index is -0.154. The smallest absolute Gasteiger partial charge is 0.255 e. The number of rotatable bonds is 7. The third-order valence-electron chi connectivity index (χ3n) is 5.96. The Morgan fingerprint density at radius 2 is 1.58 bits per heavy atom. The van der Waals surface area contributed by atoms with E-state index >= 15 is 0 Å². The van der Waals surface area contributed by atoms with Crippen LogP contribution in [0.5, 0.6) is 5.75 Å². The molecule has 6 heteroatoms. The molecular weight excluding hydrogens is 414 g/mol. The van der Waals surface area contributed by atoms with Crippen molar-refractivity contribution >= 4 is 23.2 Å². The van der Waals surface area contributed by atoms with Crippen LogP contribution in [0.25, 0.3) is 0 Å². The molecule has 0 saturated carbocycles. The van der Waals surface area contributed by atoms with Crippen molar-refractivity contribution in [2.75, 3.05) is 43.5 Å². The quantitative estimate of drug-likeness (QED) is 0.639. The molecule has 1 atom stereocenters. The summed E-state index contributed by atoms with van der Waals surface area (Å²) >= 11 is 0. The van der Waals surface area contributed by atoms with Gasteiger partial charge in [-0.3, -0.25) is 9.59 Å². The number of piperazine rings is 1. The fourth-order valence-electron chi connectivity index (χ4n) is 4.46. The molecule has 0 spiro atoms. The van der Waals surface area contributed by atoms with Gasteiger partial charge in [-0.05, 0) is 66.3 Å². The number of nitrogens with zero attached hydrogens (tertiary/aromatic N) is 2. The molecule has 3 rings (SSSR count). The predicted molar refractivity (Wildman–Crippen MR) is 134 cm³/mol. The van der Waals surface area contributed by atoms with Crippen molar-refractivity contribution in [1.29, 1.82) is 0 Å². The summed E-state index contributed by atoms with van der Waals surface area (Å²) in [5.74, 6) is 1.23. The van der Waals surface area contributed by atoms with Crippen molar-refractivity contribution in [3.8, 4) is 5.75 Å². The summed E-state index contributed by atoms with van der Waals surface area (Å²) in [7, 11) is 1.60. The number of amides is 2. The number of carbonyl (C=O) groups is 2. The Hall–Kier alpha value is -3.02. The monoisotopic (exact) mass is 451 g/mol. The first-order valence-corrected chi connectivity index (χ1v) is 11.7. The Balaban J connectivity index is 1.48. The summed E-state index contributed by atoms with van der Waals surface area (Å²) < 4.78 is 5.13. The van der Waals surface area contributed by atoms with Gasteiger partial charge in [0.2, 0.25) is 5.91 Å². The lowest BCUT2D eigenvalue weighted by atomic mass is 9.84. The molecule has 1 N–H and O–H groups in total. The largest absolute Gasteiger partial charge is 0.497 e. The van der Waals surface area contributed by atoms with Crippen LogP contribution in [0, 0.1) is 11.3 Å². The van der Waals surface area contributed by atoms with Gasteiger partial charge in [-0.1, -0.05) is 27.7 Å². The number of methoxy groups -OCH3 is 1. The number of anilines is 2. The summed E-state index contributed by atoms with van der Waals surface area (Å²) in [5.41, 5.74) is 2.68. The van der Waals surface area contributed by atoms with Crippen molar-refractivity contribution in [3.63, 3.8) is 0 Å². The van der Waals surface area contributed by atoms with E-state index in [2.05, 4.69) is 37.9 Å². The summed E-state index contributed by atoms with van der Waals surface area (Å²) in [6.07, 6.45) is 1.68. The average molecular weight is 452 g/mol. The number of nitrogens with one attached hydrogen (secondary N) is 1. The number of carbonyl (C=O) groups excluding carboxylic acids is 2. The molecule has 33 heavy (non-hydrogen) atoms. The van der Waals surface area contributed by atoms with Crippen LogP contribution in [0.4, 0.5) is 11.4 Å². The molecule has 1 saturated heterocycles. The Labute approximate surface area is 197 Å². The second-order valence-corrected chi connectivity index (χ2v) is 10.2. The van der Waals surface area contributed by atoms with Crippen LogP contribution in [0.1, 0.15) is 50.9 Å². The second-order valence-electron chi connectivity index (χ2n) is 10.2. The molecule has 2 amide bonds. The molecule has 0 aromatic heterocycles. The Morgan fingerprint density at radius 1 is 0.970 bits per heavy atom. The molecule has 1 unspecified atom stereocenters. The van der Waals surface area contributed by atoms with E-state index in [0.717, 1.165) is 49.7 Å². The highest BCUT2D eigenvalue weighted by Gasteiger charge is 2.24. The Kier molecular flexibility index (Phi) is 8.01. The third kappa shape index (κ3) is 7.24. The van der Waals surface area contributed by atoms with Crippen molar-refractivity contribution in [2.45, 2.75) is 40.5 Å².